The van der Waals surface area contributed by atoms with E-state index in [-0.39, 0.29) is 0 Å². The third-order valence-electron chi connectivity index (χ3n) is 4.47. The topological polar surface area (TPSA) is 12.0 Å². The standard InChI is InChI=1S/C16H24BrN/c1-10-8-12(3)16(14(17)9-10)18-15-7-5-6-11(2)13(15)4/h8-9,11,13,15,18H,5-7H2,1-4H3. The van der Waals surface area contributed by atoms with E-state index in [0.717, 1.165) is 11.8 Å². The average Bonchev–Trinajstić information content (AvgIpc) is 2.28. The lowest BCUT2D eigenvalue weighted by Crippen LogP contribution is -2.35. The second-order valence-electron chi connectivity index (χ2n) is 5.96. The summed E-state index contributed by atoms with van der Waals surface area (Å²) in [5.41, 5.74) is 3.94. The quantitative estimate of drug-likeness (QED) is 0.781. The van der Waals surface area contributed by atoms with E-state index in [1.54, 1.807) is 0 Å². The summed E-state index contributed by atoms with van der Waals surface area (Å²) in [4.78, 5) is 0. The zero-order valence-corrected chi connectivity index (χ0v) is 13.5. The van der Waals surface area contributed by atoms with Crippen molar-refractivity contribution in [2.45, 2.75) is 53.0 Å². The molecule has 2 heteroatoms. The number of hydrogen-bond donors (Lipinski definition) is 1. The molecular formula is C16H24BrN. The maximum Gasteiger partial charge on any atom is 0.0516 e. The van der Waals surface area contributed by atoms with E-state index in [9.17, 15) is 0 Å². The molecule has 0 radical (unpaired) electrons. The van der Waals surface area contributed by atoms with Gasteiger partial charge >= 0.3 is 0 Å². The predicted molar refractivity (Wildman–Crippen MR) is 83.2 cm³/mol. The molecule has 0 aromatic heterocycles. The van der Waals surface area contributed by atoms with Crippen LogP contribution in [0.3, 0.4) is 0 Å². The van der Waals surface area contributed by atoms with Gasteiger partial charge in [0.15, 0.2) is 0 Å². The van der Waals surface area contributed by atoms with Gasteiger partial charge in [0.25, 0.3) is 0 Å². The van der Waals surface area contributed by atoms with Gasteiger partial charge in [-0.15, -0.1) is 0 Å². The molecular weight excluding hydrogens is 286 g/mol. The monoisotopic (exact) mass is 309 g/mol. The lowest BCUT2D eigenvalue weighted by atomic mass is 9.78. The van der Waals surface area contributed by atoms with Crippen molar-refractivity contribution in [1.29, 1.82) is 0 Å². The van der Waals surface area contributed by atoms with Crippen LogP contribution in [0.2, 0.25) is 0 Å². The summed E-state index contributed by atoms with van der Waals surface area (Å²) < 4.78 is 1.20. The number of halogens is 1. The maximum atomic E-state index is 3.78. The molecule has 1 aromatic rings. The molecule has 0 bridgehead atoms. The van der Waals surface area contributed by atoms with E-state index in [1.165, 1.54) is 40.5 Å². The molecule has 1 N–H and O–H groups in total. The zero-order valence-electron chi connectivity index (χ0n) is 11.9. The van der Waals surface area contributed by atoms with Gasteiger partial charge < -0.3 is 5.32 Å². The second kappa shape index (κ2) is 5.64. The molecule has 0 aliphatic heterocycles. The molecule has 1 aliphatic carbocycles. The molecule has 0 amide bonds. The van der Waals surface area contributed by atoms with Gasteiger partial charge in [0.1, 0.15) is 0 Å². The van der Waals surface area contributed by atoms with Crippen LogP contribution < -0.4 is 5.32 Å². The fourth-order valence-electron chi connectivity index (χ4n) is 3.07. The number of benzene rings is 1. The Hall–Kier alpha value is -0.500. The Morgan fingerprint density at radius 2 is 1.89 bits per heavy atom. The van der Waals surface area contributed by atoms with Gasteiger partial charge in [-0.25, -0.2) is 0 Å². The van der Waals surface area contributed by atoms with Crippen LogP contribution in [-0.2, 0) is 0 Å². The highest BCUT2D eigenvalue weighted by molar-refractivity contribution is 9.10. The molecule has 1 aliphatic rings. The molecule has 3 atom stereocenters. The van der Waals surface area contributed by atoms with Crippen molar-refractivity contribution in [2.75, 3.05) is 5.32 Å². The summed E-state index contributed by atoms with van der Waals surface area (Å²) in [6, 6.07) is 5.07. The summed E-state index contributed by atoms with van der Waals surface area (Å²) >= 11 is 3.70. The van der Waals surface area contributed by atoms with E-state index in [1.807, 2.05) is 0 Å². The van der Waals surface area contributed by atoms with E-state index < -0.39 is 0 Å². The number of anilines is 1. The Balaban J connectivity index is 2.18. The lowest BCUT2D eigenvalue weighted by Gasteiger charge is -2.36. The minimum absolute atomic E-state index is 0.617. The molecule has 0 heterocycles. The van der Waals surface area contributed by atoms with Crippen LogP contribution in [0.15, 0.2) is 16.6 Å². The molecule has 1 fully saturated rings. The fraction of sp³-hybridized carbons (Fsp3) is 0.625. The maximum absolute atomic E-state index is 3.78. The zero-order chi connectivity index (χ0) is 13.3. The first-order valence-corrected chi connectivity index (χ1v) is 7.81. The third kappa shape index (κ3) is 2.90. The van der Waals surface area contributed by atoms with Gasteiger partial charge in [0.2, 0.25) is 0 Å². The summed E-state index contributed by atoms with van der Waals surface area (Å²) in [6.07, 6.45) is 4.03. The molecule has 1 saturated carbocycles. The largest absolute Gasteiger partial charge is 0.381 e. The Morgan fingerprint density at radius 3 is 2.56 bits per heavy atom. The first-order valence-electron chi connectivity index (χ1n) is 7.02. The van der Waals surface area contributed by atoms with E-state index in [0.29, 0.717) is 6.04 Å². The van der Waals surface area contributed by atoms with Crippen molar-refractivity contribution in [3.63, 3.8) is 0 Å². The Morgan fingerprint density at radius 1 is 1.17 bits per heavy atom. The molecule has 2 rings (SSSR count). The SMILES string of the molecule is Cc1cc(C)c(NC2CCCC(C)C2C)c(Br)c1. The summed E-state index contributed by atoms with van der Waals surface area (Å²) in [5.74, 6) is 1.59. The predicted octanol–water partition coefficient (Wildman–Crippen LogP) is 5.30. The van der Waals surface area contributed by atoms with E-state index in [2.05, 4.69) is 61.1 Å². The fourth-order valence-corrected chi connectivity index (χ4v) is 3.86. The highest BCUT2D eigenvalue weighted by Gasteiger charge is 2.27. The van der Waals surface area contributed by atoms with Crippen LogP contribution in [0.1, 0.15) is 44.2 Å². The second-order valence-corrected chi connectivity index (χ2v) is 6.81. The van der Waals surface area contributed by atoms with Crippen LogP contribution in [0.25, 0.3) is 0 Å². The molecule has 0 saturated heterocycles. The van der Waals surface area contributed by atoms with Gasteiger partial charge in [0, 0.05) is 10.5 Å². The van der Waals surface area contributed by atoms with Crippen LogP contribution in [-0.4, -0.2) is 6.04 Å². The van der Waals surface area contributed by atoms with Gasteiger partial charge in [-0.2, -0.15) is 0 Å². The normalized spacial score (nSPS) is 28.2. The first kappa shape index (κ1) is 13.9. The lowest BCUT2D eigenvalue weighted by molar-refractivity contribution is 0.253. The third-order valence-corrected chi connectivity index (χ3v) is 5.09. The van der Waals surface area contributed by atoms with Crippen LogP contribution >= 0.6 is 15.9 Å². The van der Waals surface area contributed by atoms with Crippen molar-refractivity contribution in [3.8, 4) is 0 Å². The molecule has 18 heavy (non-hydrogen) atoms. The molecule has 100 valence electrons. The summed E-state index contributed by atoms with van der Waals surface area (Å²) in [5, 5.41) is 3.78. The highest BCUT2D eigenvalue weighted by Crippen LogP contribution is 2.35. The first-order chi connectivity index (χ1) is 8.49. The van der Waals surface area contributed by atoms with Gasteiger partial charge in [-0.3, -0.25) is 0 Å². The molecule has 1 nitrogen and oxygen atoms in total. The molecule has 1 aromatic carbocycles. The molecule has 3 unspecified atom stereocenters. The van der Waals surface area contributed by atoms with Gasteiger partial charge in [0.05, 0.1) is 5.69 Å². The Labute approximate surface area is 119 Å². The highest BCUT2D eigenvalue weighted by atomic mass is 79.9. The Kier molecular flexibility index (Phi) is 4.37. The number of aryl methyl sites for hydroxylation is 2. The van der Waals surface area contributed by atoms with Crippen molar-refractivity contribution in [1.82, 2.24) is 0 Å². The van der Waals surface area contributed by atoms with E-state index in [4.69, 9.17) is 0 Å². The van der Waals surface area contributed by atoms with Crippen LogP contribution in [0.4, 0.5) is 5.69 Å². The van der Waals surface area contributed by atoms with Crippen molar-refractivity contribution in [2.24, 2.45) is 11.8 Å². The minimum Gasteiger partial charge on any atom is -0.381 e. The molecule has 0 spiro atoms. The Bertz CT molecular complexity index is 404. The number of nitrogens with one attached hydrogen (secondary N) is 1. The van der Waals surface area contributed by atoms with Gasteiger partial charge in [-0.1, -0.05) is 32.8 Å². The van der Waals surface area contributed by atoms with Crippen LogP contribution in [0.5, 0.6) is 0 Å². The summed E-state index contributed by atoms with van der Waals surface area (Å²) in [7, 11) is 0. The number of hydrogen-bond acceptors (Lipinski definition) is 1. The van der Waals surface area contributed by atoms with Crippen molar-refractivity contribution < 1.29 is 0 Å². The smallest absolute Gasteiger partial charge is 0.0516 e. The van der Waals surface area contributed by atoms with E-state index >= 15 is 0 Å². The van der Waals surface area contributed by atoms with Crippen molar-refractivity contribution in [3.05, 3.63) is 27.7 Å². The minimum atomic E-state index is 0.617. The van der Waals surface area contributed by atoms with Crippen LogP contribution in [0, 0.1) is 25.7 Å². The number of rotatable bonds is 2. The van der Waals surface area contributed by atoms with Crippen molar-refractivity contribution >= 4 is 21.6 Å². The summed E-state index contributed by atoms with van der Waals surface area (Å²) in [6.45, 7) is 9.11. The van der Waals surface area contributed by atoms with Gasteiger partial charge in [-0.05, 0) is 65.2 Å². The average molecular weight is 310 g/mol.